The molecular formula is C23H10F6IO2S+. The number of ether oxygens (including phenoxy) is 1. The van der Waals surface area contributed by atoms with Crippen LogP contribution in [0.15, 0.2) is 52.9 Å². The number of thiophene rings is 1. The van der Waals surface area contributed by atoms with Crippen molar-refractivity contribution in [1.29, 1.82) is 0 Å². The van der Waals surface area contributed by atoms with Crippen molar-refractivity contribution in [2.45, 2.75) is 6.61 Å². The zero-order valence-corrected chi connectivity index (χ0v) is 19.2. The summed E-state index contributed by atoms with van der Waals surface area (Å²) in [6.45, 7) is 0.158. The fourth-order valence-electron chi connectivity index (χ4n) is 3.56. The Morgan fingerprint density at radius 1 is 0.727 bits per heavy atom. The van der Waals surface area contributed by atoms with Gasteiger partial charge in [-0.25, -0.2) is 26.3 Å². The number of hydrogen-bond acceptors (Lipinski definition) is 2. The van der Waals surface area contributed by atoms with Crippen LogP contribution in [0.2, 0.25) is 0 Å². The predicted octanol–water partition coefficient (Wildman–Crippen LogP) is 8.34. The molecule has 0 atom stereocenters. The van der Waals surface area contributed by atoms with Gasteiger partial charge in [-0.15, -0.1) is 0 Å². The van der Waals surface area contributed by atoms with E-state index in [-0.39, 0.29) is 16.0 Å². The van der Waals surface area contributed by atoms with Crippen molar-refractivity contribution in [3.05, 3.63) is 93.0 Å². The Morgan fingerprint density at radius 2 is 1.27 bits per heavy atom. The second-order valence-electron chi connectivity index (χ2n) is 6.99. The van der Waals surface area contributed by atoms with Crippen LogP contribution < -0.4 is 4.74 Å². The topological polar surface area (TPSA) is 22.4 Å². The molecule has 33 heavy (non-hydrogen) atoms. The van der Waals surface area contributed by atoms with E-state index in [4.69, 9.17) is 9.15 Å². The Balaban J connectivity index is 1.67. The van der Waals surface area contributed by atoms with Gasteiger partial charge < -0.3 is 9.15 Å². The normalized spacial score (nSPS) is 11.6. The van der Waals surface area contributed by atoms with Gasteiger partial charge in [-0.2, -0.15) is 0 Å². The number of furan rings is 1. The molecule has 0 bridgehead atoms. The maximum Gasteiger partial charge on any atom is 0.195 e. The lowest BCUT2D eigenvalue weighted by Crippen LogP contribution is -1.93. The molecule has 5 rings (SSSR count). The molecule has 168 valence electrons. The first-order valence-electron chi connectivity index (χ1n) is 9.33. The summed E-state index contributed by atoms with van der Waals surface area (Å²) in [7, 11) is -1.41. The molecule has 2 nitrogen and oxygen atoms in total. The van der Waals surface area contributed by atoms with E-state index in [1.165, 1.54) is 0 Å². The molecule has 2 aromatic heterocycles. The maximum atomic E-state index is 14.6. The smallest absolute Gasteiger partial charge is 0.195 e. The minimum absolute atomic E-state index is 0.107. The molecule has 2 heterocycles. The molecule has 0 unspecified atom stereocenters. The Kier molecular flexibility index (Phi) is 5.52. The van der Waals surface area contributed by atoms with Crippen molar-refractivity contribution in [3.8, 4) is 10.6 Å². The fourth-order valence-corrected chi connectivity index (χ4v) is 6.41. The van der Waals surface area contributed by atoms with Crippen LogP contribution in [-0.2, 0) is 6.61 Å². The highest BCUT2D eigenvalue weighted by molar-refractivity contribution is 14.1. The SMILES string of the molecule is Fc1cc2c(c(F)c1F)c1c(F)c(F)c(F)cc1[s+]2-c1ccc(OCc2ccc(I)o2)cc1. The van der Waals surface area contributed by atoms with E-state index in [1.54, 1.807) is 36.4 Å². The Morgan fingerprint density at radius 3 is 1.76 bits per heavy atom. The Hall–Kier alpha value is -2.73. The number of benzene rings is 3. The van der Waals surface area contributed by atoms with Gasteiger partial charge in [-0.1, -0.05) is 0 Å². The van der Waals surface area contributed by atoms with Gasteiger partial charge in [0.05, 0.1) is 10.8 Å². The molecule has 5 aromatic rings. The molecule has 0 saturated carbocycles. The van der Waals surface area contributed by atoms with Crippen molar-refractivity contribution >= 4 is 53.2 Å². The van der Waals surface area contributed by atoms with Gasteiger partial charge in [0.2, 0.25) is 0 Å². The minimum atomic E-state index is -1.81. The molecule has 0 N–H and O–H groups in total. The van der Waals surface area contributed by atoms with E-state index in [1.807, 2.05) is 22.6 Å². The monoisotopic (exact) mass is 591 g/mol. The molecule has 0 saturated heterocycles. The lowest BCUT2D eigenvalue weighted by atomic mass is 10.1. The second-order valence-corrected chi connectivity index (χ2v) is 10.0. The highest BCUT2D eigenvalue weighted by Gasteiger charge is 2.34. The third-order valence-electron chi connectivity index (χ3n) is 5.01. The molecule has 0 amide bonds. The van der Waals surface area contributed by atoms with Crippen molar-refractivity contribution < 1.29 is 35.5 Å². The quantitative estimate of drug-likeness (QED) is 0.0908. The summed E-state index contributed by atoms with van der Waals surface area (Å²) in [5, 5.41) is -1.23. The van der Waals surface area contributed by atoms with E-state index >= 15 is 0 Å². The van der Waals surface area contributed by atoms with E-state index in [0.717, 1.165) is 12.1 Å². The van der Waals surface area contributed by atoms with Gasteiger partial charge in [-0.3, -0.25) is 0 Å². The van der Waals surface area contributed by atoms with Gasteiger partial charge >= 0.3 is 0 Å². The number of hydrogen-bond donors (Lipinski definition) is 0. The third kappa shape index (κ3) is 3.65. The van der Waals surface area contributed by atoms with Crippen molar-refractivity contribution in [1.82, 2.24) is 0 Å². The number of fused-ring (bicyclic) bond motifs is 3. The first-order chi connectivity index (χ1) is 15.8. The zero-order chi connectivity index (χ0) is 23.4. The van der Waals surface area contributed by atoms with E-state index in [9.17, 15) is 26.3 Å². The van der Waals surface area contributed by atoms with Crippen LogP contribution in [0.5, 0.6) is 5.75 Å². The fraction of sp³-hybridized carbons (Fsp3) is 0.0435. The molecule has 0 aliphatic heterocycles. The van der Waals surface area contributed by atoms with Crippen LogP contribution in [-0.4, -0.2) is 0 Å². The van der Waals surface area contributed by atoms with Crippen LogP contribution in [0.4, 0.5) is 26.3 Å². The largest absolute Gasteiger partial charge is 0.486 e. The lowest BCUT2D eigenvalue weighted by molar-refractivity contribution is 0.267. The summed E-state index contributed by atoms with van der Waals surface area (Å²) >= 11 is 2.02. The highest BCUT2D eigenvalue weighted by atomic mass is 127. The van der Waals surface area contributed by atoms with Gasteiger partial charge in [0.15, 0.2) is 53.0 Å². The molecule has 0 fully saturated rings. The standard InChI is InChI=1S/C23H10F6IO2S/c24-13-7-15-18(22(28)20(13)26)19-16(8-14(25)21(27)23(19)29)33(15)12-4-1-10(2-5-12)31-9-11-3-6-17(30)32-11/h1-8H,9H2/q+1. The summed E-state index contributed by atoms with van der Waals surface area (Å²) in [4.78, 5) is 0.422. The summed E-state index contributed by atoms with van der Waals surface area (Å²) in [6.07, 6.45) is 0. The van der Waals surface area contributed by atoms with Crippen LogP contribution in [0.25, 0.3) is 25.1 Å². The second kappa shape index (κ2) is 8.24. The third-order valence-corrected chi connectivity index (χ3v) is 7.86. The average Bonchev–Trinajstić information content (AvgIpc) is 3.35. The lowest BCUT2D eigenvalue weighted by Gasteiger charge is -2.04. The van der Waals surface area contributed by atoms with Gasteiger partial charge in [0.1, 0.15) is 18.1 Å². The van der Waals surface area contributed by atoms with Gasteiger partial charge in [0, 0.05) is 34.7 Å². The molecule has 0 aliphatic rings. The number of rotatable bonds is 4. The Labute approximate surface area is 198 Å². The molecular weight excluding hydrogens is 581 g/mol. The number of halogens is 7. The summed E-state index contributed by atoms with van der Waals surface area (Å²) in [5.74, 6) is -8.85. The first-order valence-corrected chi connectivity index (χ1v) is 11.6. The molecule has 0 spiro atoms. The van der Waals surface area contributed by atoms with Crippen LogP contribution in [0.3, 0.4) is 0 Å². The summed E-state index contributed by atoms with van der Waals surface area (Å²) in [6, 6.07) is 11.3. The molecule has 0 radical (unpaired) electrons. The summed E-state index contributed by atoms with van der Waals surface area (Å²) < 4.78 is 96.8. The van der Waals surface area contributed by atoms with E-state index < -0.39 is 56.1 Å². The maximum absolute atomic E-state index is 14.6. The van der Waals surface area contributed by atoms with Gasteiger partial charge in [-0.05, 0) is 46.9 Å². The van der Waals surface area contributed by atoms with Crippen molar-refractivity contribution in [2.75, 3.05) is 0 Å². The van der Waals surface area contributed by atoms with Crippen LogP contribution >= 0.6 is 33.1 Å². The van der Waals surface area contributed by atoms with E-state index in [2.05, 4.69) is 0 Å². The summed E-state index contributed by atoms with van der Waals surface area (Å²) in [5.41, 5.74) is 0. The van der Waals surface area contributed by atoms with Crippen molar-refractivity contribution in [3.63, 3.8) is 0 Å². The molecule has 10 heteroatoms. The molecule has 0 aliphatic carbocycles. The van der Waals surface area contributed by atoms with Crippen LogP contribution in [0.1, 0.15) is 5.76 Å². The molecule has 3 aromatic carbocycles. The highest BCUT2D eigenvalue weighted by Crippen LogP contribution is 2.51. The van der Waals surface area contributed by atoms with Gasteiger partial charge in [0.25, 0.3) is 0 Å². The first kappa shape index (κ1) is 22.1. The average molecular weight is 591 g/mol. The van der Waals surface area contributed by atoms with E-state index in [0.29, 0.717) is 20.2 Å². The predicted molar refractivity (Wildman–Crippen MR) is 121 cm³/mol. The van der Waals surface area contributed by atoms with Crippen LogP contribution in [0, 0.1) is 38.7 Å². The minimum Gasteiger partial charge on any atom is -0.486 e. The zero-order valence-electron chi connectivity index (χ0n) is 16.2. The Bertz CT molecular complexity index is 1470. The van der Waals surface area contributed by atoms with Crippen molar-refractivity contribution in [2.24, 2.45) is 0 Å².